The van der Waals surface area contributed by atoms with Gasteiger partial charge in [0.25, 0.3) is 0 Å². The number of aryl methyl sites for hydroxylation is 1. The first-order valence-corrected chi connectivity index (χ1v) is 6.58. The summed E-state index contributed by atoms with van der Waals surface area (Å²) in [5.74, 6) is 0.664. The van der Waals surface area contributed by atoms with Crippen LogP contribution in [0.1, 0.15) is 13.3 Å². The van der Waals surface area contributed by atoms with Crippen LogP contribution in [-0.4, -0.2) is 41.2 Å². The number of likely N-dealkylation sites (N-methyl/N-ethyl adjacent to an activating group) is 1. The topological polar surface area (TPSA) is 56.2 Å². The van der Waals surface area contributed by atoms with Gasteiger partial charge in [0, 0.05) is 23.9 Å². The summed E-state index contributed by atoms with van der Waals surface area (Å²) in [7, 11) is 3.31. The van der Waals surface area contributed by atoms with Crippen LogP contribution in [0, 0.1) is 0 Å². The highest BCUT2D eigenvalue weighted by molar-refractivity contribution is 7.99. The lowest BCUT2D eigenvalue weighted by molar-refractivity contribution is -0.143. The highest BCUT2D eigenvalue weighted by atomic mass is 32.2. The molecule has 0 fully saturated rings. The number of ether oxygens (including phenoxy) is 1. The fraction of sp³-hybridized carbons (Fsp3) is 0.636. The van der Waals surface area contributed by atoms with Crippen molar-refractivity contribution in [1.29, 1.82) is 0 Å². The molecular weight excluding hydrogens is 238 g/mol. The number of aromatic nitrogens is 2. The maximum atomic E-state index is 11.4. The molecule has 0 saturated carbocycles. The van der Waals surface area contributed by atoms with Gasteiger partial charge in [-0.1, -0.05) is 6.92 Å². The number of rotatable bonds is 7. The van der Waals surface area contributed by atoms with E-state index in [-0.39, 0.29) is 12.0 Å². The molecule has 1 atom stereocenters. The lowest BCUT2D eigenvalue weighted by atomic mass is 10.2. The maximum Gasteiger partial charge on any atom is 0.322 e. The Morgan fingerprint density at radius 2 is 2.47 bits per heavy atom. The van der Waals surface area contributed by atoms with E-state index in [0.29, 0.717) is 0 Å². The maximum absolute atomic E-state index is 11.4. The molecule has 1 unspecified atom stereocenters. The van der Waals surface area contributed by atoms with Crippen LogP contribution < -0.4 is 5.32 Å². The van der Waals surface area contributed by atoms with Crippen LogP contribution in [0.3, 0.4) is 0 Å². The van der Waals surface area contributed by atoms with E-state index >= 15 is 0 Å². The highest BCUT2D eigenvalue weighted by Crippen LogP contribution is 2.18. The van der Waals surface area contributed by atoms with E-state index in [4.69, 9.17) is 4.74 Å². The van der Waals surface area contributed by atoms with Crippen molar-refractivity contribution in [3.05, 3.63) is 12.4 Å². The van der Waals surface area contributed by atoms with Crippen LogP contribution in [0.15, 0.2) is 17.3 Å². The van der Waals surface area contributed by atoms with Gasteiger partial charge in [0.15, 0.2) is 0 Å². The van der Waals surface area contributed by atoms with Gasteiger partial charge in [0.05, 0.1) is 13.3 Å². The predicted octanol–water partition coefficient (Wildman–Crippen LogP) is 1.05. The molecule has 17 heavy (non-hydrogen) atoms. The largest absolute Gasteiger partial charge is 0.468 e. The van der Waals surface area contributed by atoms with Crippen LogP contribution in [0.5, 0.6) is 0 Å². The van der Waals surface area contributed by atoms with Crippen molar-refractivity contribution in [3.63, 3.8) is 0 Å². The summed E-state index contributed by atoms with van der Waals surface area (Å²) in [5.41, 5.74) is 0. The zero-order valence-electron chi connectivity index (χ0n) is 10.5. The minimum atomic E-state index is -0.214. The standard InChI is InChI=1S/C11H19N3O2S/c1-4-12-10(11(15)16-3)5-6-17-9-7-13-14(2)8-9/h7-8,10,12H,4-6H2,1-3H3. The smallest absolute Gasteiger partial charge is 0.322 e. The summed E-state index contributed by atoms with van der Waals surface area (Å²) < 4.78 is 6.51. The third kappa shape index (κ3) is 4.79. The van der Waals surface area contributed by atoms with Crippen molar-refractivity contribution < 1.29 is 9.53 Å². The molecule has 5 nitrogen and oxygen atoms in total. The van der Waals surface area contributed by atoms with Crippen molar-refractivity contribution in [1.82, 2.24) is 15.1 Å². The Labute approximate surface area is 106 Å². The van der Waals surface area contributed by atoms with Gasteiger partial charge in [-0.2, -0.15) is 5.10 Å². The van der Waals surface area contributed by atoms with Crippen LogP contribution in [0.4, 0.5) is 0 Å². The van der Waals surface area contributed by atoms with E-state index in [1.807, 2.05) is 26.4 Å². The van der Waals surface area contributed by atoms with Gasteiger partial charge in [-0.25, -0.2) is 0 Å². The Morgan fingerprint density at radius 1 is 1.71 bits per heavy atom. The average Bonchev–Trinajstić information content (AvgIpc) is 2.73. The van der Waals surface area contributed by atoms with E-state index in [2.05, 4.69) is 10.4 Å². The normalized spacial score (nSPS) is 12.4. The third-order valence-electron chi connectivity index (χ3n) is 2.29. The summed E-state index contributed by atoms with van der Waals surface area (Å²) in [6, 6.07) is -0.214. The van der Waals surface area contributed by atoms with Gasteiger partial charge in [-0.3, -0.25) is 9.48 Å². The lowest BCUT2D eigenvalue weighted by Gasteiger charge is -2.14. The van der Waals surface area contributed by atoms with E-state index in [1.54, 1.807) is 16.4 Å². The molecule has 0 amide bonds. The van der Waals surface area contributed by atoms with Gasteiger partial charge in [-0.05, 0) is 13.0 Å². The summed E-state index contributed by atoms with van der Waals surface area (Å²) in [6.45, 7) is 2.74. The molecule has 96 valence electrons. The summed E-state index contributed by atoms with van der Waals surface area (Å²) in [5, 5.41) is 7.21. The number of carbonyl (C=O) groups excluding carboxylic acids is 1. The van der Waals surface area contributed by atoms with Crippen LogP contribution >= 0.6 is 11.8 Å². The van der Waals surface area contributed by atoms with Crippen molar-refractivity contribution in [3.8, 4) is 0 Å². The van der Waals surface area contributed by atoms with Crippen molar-refractivity contribution in [2.75, 3.05) is 19.4 Å². The molecule has 0 aliphatic rings. The molecule has 0 aliphatic heterocycles. The number of hydrogen-bond donors (Lipinski definition) is 1. The fourth-order valence-corrected chi connectivity index (χ4v) is 2.40. The van der Waals surface area contributed by atoms with Crippen LogP contribution in [-0.2, 0) is 16.6 Å². The number of carbonyl (C=O) groups is 1. The van der Waals surface area contributed by atoms with Crippen molar-refractivity contribution in [2.45, 2.75) is 24.3 Å². The minimum absolute atomic E-state index is 0.196. The SMILES string of the molecule is CCNC(CCSc1cnn(C)c1)C(=O)OC. The van der Waals surface area contributed by atoms with E-state index in [9.17, 15) is 4.79 Å². The third-order valence-corrected chi connectivity index (χ3v) is 3.28. The number of thioether (sulfide) groups is 1. The quantitative estimate of drug-likeness (QED) is 0.584. The summed E-state index contributed by atoms with van der Waals surface area (Å²) in [6.07, 6.45) is 4.54. The Bertz CT molecular complexity index is 354. The van der Waals surface area contributed by atoms with E-state index < -0.39 is 0 Å². The first-order chi connectivity index (χ1) is 8.17. The number of methoxy groups -OCH3 is 1. The Hall–Kier alpha value is -1.01. The highest BCUT2D eigenvalue weighted by Gasteiger charge is 2.17. The molecular formula is C11H19N3O2S. The zero-order chi connectivity index (χ0) is 12.7. The van der Waals surface area contributed by atoms with Gasteiger partial charge >= 0.3 is 5.97 Å². The average molecular weight is 257 g/mol. The molecule has 0 saturated heterocycles. The second-order valence-corrected chi connectivity index (χ2v) is 4.79. The molecule has 0 spiro atoms. The predicted molar refractivity (Wildman–Crippen MR) is 68.0 cm³/mol. The molecule has 0 radical (unpaired) electrons. The van der Waals surface area contributed by atoms with Crippen LogP contribution in [0.25, 0.3) is 0 Å². The number of esters is 1. The van der Waals surface area contributed by atoms with Crippen molar-refractivity contribution in [2.24, 2.45) is 7.05 Å². The summed E-state index contributed by atoms with van der Waals surface area (Å²) >= 11 is 1.69. The second-order valence-electron chi connectivity index (χ2n) is 3.62. The molecule has 6 heteroatoms. The fourth-order valence-electron chi connectivity index (χ4n) is 1.46. The Kier molecular flexibility index (Phi) is 6.07. The number of nitrogens with zero attached hydrogens (tertiary/aromatic N) is 2. The monoisotopic (exact) mass is 257 g/mol. The zero-order valence-corrected chi connectivity index (χ0v) is 11.3. The number of hydrogen-bond acceptors (Lipinski definition) is 5. The minimum Gasteiger partial charge on any atom is -0.468 e. The van der Waals surface area contributed by atoms with Gasteiger partial charge in [0.1, 0.15) is 6.04 Å². The molecule has 0 bridgehead atoms. The van der Waals surface area contributed by atoms with Crippen molar-refractivity contribution >= 4 is 17.7 Å². The van der Waals surface area contributed by atoms with E-state index in [0.717, 1.165) is 23.6 Å². The Balaban J connectivity index is 2.34. The molecule has 1 heterocycles. The van der Waals surface area contributed by atoms with Gasteiger partial charge in [0.2, 0.25) is 0 Å². The van der Waals surface area contributed by atoms with Gasteiger partial charge in [-0.15, -0.1) is 11.8 Å². The van der Waals surface area contributed by atoms with Gasteiger partial charge < -0.3 is 10.1 Å². The number of nitrogens with one attached hydrogen (secondary N) is 1. The first kappa shape index (κ1) is 14.1. The Morgan fingerprint density at radius 3 is 3.00 bits per heavy atom. The molecule has 1 aromatic rings. The van der Waals surface area contributed by atoms with Crippen LogP contribution in [0.2, 0.25) is 0 Å². The molecule has 0 aromatic carbocycles. The molecule has 1 rings (SSSR count). The molecule has 1 aromatic heterocycles. The van der Waals surface area contributed by atoms with E-state index in [1.165, 1.54) is 7.11 Å². The second kappa shape index (κ2) is 7.34. The molecule has 1 N–H and O–H groups in total. The summed E-state index contributed by atoms with van der Waals surface area (Å²) in [4.78, 5) is 12.6. The molecule has 0 aliphatic carbocycles. The first-order valence-electron chi connectivity index (χ1n) is 5.60. The lowest BCUT2D eigenvalue weighted by Crippen LogP contribution is -2.37.